The predicted octanol–water partition coefficient (Wildman–Crippen LogP) is 1.07. The predicted molar refractivity (Wildman–Crippen MR) is 81.9 cm³/mol. The fourth-order valence-electron chi connectivity index (χ4n) is 2.85. The van der Waals surface area contributed by atoms with Crippen LogP contribution in [0.5, 0.6) is 0 Å². The fraction of sp³-hybridized carbons (Fsp3) is 0.714. The van der Waals surface area contributed by atoms with Crippen molar-refractivity contribution in [2.45, 2.75) is 32.7 Å². The van der Waals surface area contributed by atoms with Crippen LogP contribution in [-0.4, -0.2) is 47.1 Å². The number of nitrogens with two attached hydrogens (primary N) is 1. The summed E-state index contributed by atoms with van der Waals surface area (Å²) in [6.07, 6.45) is 2.50. The molecule has 0 saturated heterocycles. The van der Waals surface area contributed by atoms with Gasteiger partial charge in [-0.05, 0) is 32.6 Å². The molecular weight excluding hydrogens is 270 g/mol. The molecule has 0 radical (unpaired) electrons. The minimum atomic E-state index is 0.0982. The fourth-order valence-corrected chi connectivity index (χ4v) is 2.85. The van der Waals surface area contributed by atoms with E-state index in [-0.39, 0.29) is 5.84 Å². The van der Waals surface area contributed by atoms with Crippen LogP contribution >= 0.6 is 0 Å². The zero-order valence-electron chi connectivity index (χ0n) is 13.2. The Labute approximate surface area is 125 Å². The van der Waals surface area contributed by atoms with E-state index in [9.17, 15) is 0 Å². The largest absolute Gasteiger partial charge is 0.409 e. The Morgan fingerprint density at radius 1 is 1.62 bits per heavy atom. The molecule has 1 atom stereocenters. The average Bonchev–Trinajstić information content (AvgIpc) is 3.25. The SMILES string of the molecule is COCCN(c1c(C(N)=NO)c(C)nn1C)C(C)C1CC1. The van der Waals surface area contributed by atoms with Gasteiger partial charge in [-0.25, -0.2) is 0 Å². The van der Waals surface area contributed by atoms with Crippen molar-refractivity contribution in [1.29, 1.82) is 0 Å². The van der Waals surface area contributed by atoms with E-state index in [0.717, 1.165) is 18.1 Å². The molecule has 118 valence electrons. The quantitative estimate of drug-likeness (QED) is 0.340. The second kappa shape index (κ2) is 6.34. The van der Waals surface area contributed by atoms with E-state index in [1.807, 2.05) is 14.0 Å². The molecule has 1 aromatic heterocycles. The van der Waals surface area contributed by atoms with E-state index in [0.29, 0.717) is 24.1 Å². The van der Waals surface area contributed by atoms with Gasteiger partial charge in [-0.3, -0.25) is 4.68 Å². The number of oxime groups is 1. The molecule has 1 aliphatic carbocycles. The first-order valence-corrected chi connectivity index (χ1v) is 7.28. The normalized spacial score (nSPS) is 17.0. The maximum absolute atomic E-state index is 9.05. The summed E-state index contributed by atoms with van der Waals surface area (Å²) in [6, 6.07) is 0.375. The third-order valence-electron chi connectivity index (χ3n) is 4.16. The Hall–Kier alpha value is -1.76. The second-order valence-corrected chi connectivity index (χ2v) is 5.66. The Balaban J connectivity index is 2.42. The number of anilines is 1. The zero-order chi connectivity index (χ0) is 15.6. The van der Waals surface area contributed by atoms with Gasteiger partial charge in [0.15, 0.2) is 5.84 Å². The highest BCUT2D eigenvalue weighted by Crippen LogP contribution is 2.37. The molecule has 1 aliphatic rings. The smallest absolute Gasteiger partial charge is 0.175 e. The molecule has 7 nitrogen and oxygen atoms in total. The van der Waals surface area contributed by atoms with Crippen LogP contribution in [0.3, 0.4) is 0 Å². The molecule has 1 aromatic rings. The Kier molecular flexibility index (Phi) is 4.72. The topological polar surface area (TPSA) is 88.9 Å². The van der Waals surface area contributed by atoms with E-state index in [4.69, 9.17) is 15.7 Å². The molecule has 2 rings (SSSR count). The molecule has 0 aromatic carbocycles. The summed E-state index contributed by atoms with van der Waals surface area (Å²) < 4.78 is 7.04. The van der Waals surface area contributed by atoms with E-state index >= 15 is 0 Å². The third-order valence-corrected chi connectivity index (χ3v) is 4.16. The molecule has 1 fully saturated rings. The molecular formula is C14H25N5O2. The van der Waals surface area contributed by atoms with Crippen LogP contribution in [0.25, 0.3) is 0 Å². The molecule has 7 heteroatoms. The molecule has 1 saturated carbocycles. The van der Waals surface area contributed by atoms with Gasteiger partial charge >= 0.3 is 0 Å². The summed E-state index contributed by atoms with van der Waals surface area (Å²) in [6.45, 7) is 5.45. The number of rotatable bonds is 7. The summed E-state index contributed by atoms with van der Waals surface area (Å²) in [5.74, 6) is 1.68. The standard InChI is InChI=1S/C14H25N5O2/c1-9-12(13(15)17-20)14(18(3)16-9)19(7-8-21-4)10(2)11-5-6-11/h10-11,20H,5-8H2,1-4H3,(H2,15,17). The van der Waals surface area contributed by atoms with E-state index in [1.165, 1.54) is 12.8 Å². The first kappa shape index (κ1) is 15.6. The molecule has 3 N–H and O–H groups in total. The van der Waals surface area contributed by atoms with Crippen molar-refractivity contribution in [3.8, 4) is 0 Å². The van der Waals surface area contributed by atoms with Gasteiger partial charge < -0.3 is 20.6 Å². The zero-order valence-corrected chi connectivity index (χ0v) is 13.2. The van der Waals surface area contributed by atoms with E-state index in [2.05, 4.69) is 22.1 Å². The summed E-state index contributed by atoms with van der Waals surface area (Å²) >= 11 is 0. The summed E-state index contributed by atoms with van der Waals surface area (Å²) in [4.78, 5) is 2.26. The monoisotopic (exact) mass is 295 g/mol. The number of aromatic nitrogens is 2. The number of nitrogens with zero attached hydrogens (tertiary/aromatic N) is 4. The molecule has 1 heterocycles. The summed E-state index contributed by atoms with van der Waals surface area (Å²) in [5, 5.41) is 16.6. The lowest BCUT2D eigenvalue weighted by molar-refractivity contribution is 0.202. The maximum Gasteiger partial charge on any atom is 0.175 e. The number of amidine groups is 1. The van der Waals surface area contributed by atoms with Crippen LogP contribution in [0.1, 0.15) is 31.0 Å². The minimum absolute atomic E-state index is 0.0982. The second-order valence-electron chi connectivity index (χ2n) is 5.66. The van der Waals surface area contributed by atoms with Crippen LogP contribution in [0.4, 0.5) is 5.82 Å². The van der Waals surface area contributed by atoms with Gasteiger partial charge in [0.25, 0.3) is 0 Å². The van der Waals surface area contributed by atoms with Crippen molar-refractivity contribution in [1.82, 2.24) is 9.78 Å². The Bertz CT molecular complexity index is 522. The van der Waals surface area contributed by atoms with E-state index < -0.39 is 0 Å². The van der Waals surface area contributed by atoms with Crippen LogP contribution in [-0.2, 0) is 11.8 Å². The Morgan fingerprint density at radius 3 is 2.81 bits per heavy atom. The molecule has 0 aliphatic heterocycles. The minimum Gasteiger partial charge on any atom is -0.409 e. The van der Waals surface area contributed by atoms with Crippen molar-refractivity contribution in [3.05, 3.63) is 11.3 Å². The van der Waals surface area contributed by atoms with Gasteiger partial charge in [-0.1, -0.05) is 5.16 Å². The van der Waals surface area contributed by atoms with Gasteiger partial charge in [0.1, 0.15) is 5.82 Å². The number of methoxy groups -OCH3 is 1. The number of ether oxygens (including phenoxy) is 1. The van der Waals surface area contributed by atoms with Crippen molar-refractivity contribution < 1.29 is 9.94 Å². The first-order chi connectivity index (χ1) is 10.0. The Morgan fingerprint density at radius 2 is 2.29 bits per heavy atom. The number of hydrogen-bond donors (Lipinski definition) is 2. The highest BCUT2D eigenvalue weighted by molar-refractivity contribution is 6.02. The number of aryl methyl sites for hydroxylation is 2. The van der Waals surface area contributed by atoms with Crippen LogP contribution in [0.15, 0.2) is 5.16 Å². The van der Waals surface area contributed by atoms with Crippen LogP contribution in [0, 0.1) is 12.8 Å². The molecule has 0 amide bonds. The molecule has 21 heavy (non-hydrogen) atoms. The highest BCUT2D eigenvalue weighted by atomic mass is 16.5. The van der Waals surface area contributed by atoms with Gasteiger partial charge in [0, 0.05) is 26.7 Å². The van der Waals surface area contributed by atoms with Crippen molar-refractivity contribution in [2.75, 3.05) is 25.2 Å². The molecule has 0 spiro atoms. The van der Waals surface area contributed by atoms with Gasteiger partial charge in [0.2, 0.25) is 0 Å². The lowest BCUT2D eigenvalue weighted by Gasteiger charge is -2.32. The van der Waals surface area contributed by atoms with E-state index in [1.54, 1.807) is 11.8 Å². The number of hydrogen-bond acceptors (Lipinski definition) is 5. The lowest BCUT2D eigenvalue weighted by Crippen LogP contribution is -2.39. The van der Waals surface area contributed by atoms with Crippen molar-refractivity contribution in [3.63, 3.8) is 0 Å². The first-order valence-electron chi connectivity index (χ1n) is 7.28. The maximum atomic E-state index is 9.05. The van der Waals surface area contributed by atoms with Gasteiger partial charge in [0.05, 0.1) is 17.9 Å². The lowest BCUT2D eigenvalue weighted by atomic mass is 10.1. The van der Waals surface area contributed by atoms with Crippen molar-refractivity contribution in [2.24, 2.45) is 23.9 Å². The summed E-state index contributed by atoms with van der Waals surface area (Å²) in [5.41, 5.74) is 7.31. The third kappa shape index (κ3) is 3.12. The van der Waals surface area contributed by atoms with Crippen LogP contribution in [0.2, 0.25) is 0 Å². The van der Waals surface area contributed by atoms with Gasteiger partial charge in [-0.15, -0.1) is 0 Å². The molecule has 0 bridgehead atoms. The summed E-state index contributed by atoms with van der Waals surface area (Å²) in [7, 11) is 3.58. The highest BCUT2D eigenvalue weighted by Gasteiger charge is 2.35. The van der Waals surface area contributed by atoms with Crippen LogP contribution < -0.4 is 10.6 Å². The van der Waals surface area contributed by atoms with Gasteiger partial charge in [-0.2, -0.15) is 5.10 Å². The molecule has 1 unspecified atom stereocenters. The average molecular weight is 295 g/mol. The van der Waals surface area contributed by atoms with Crippen molar-refractivity contribution >= 4 is 11.7 Å².